The van der Waals surface area contributed by atoms with Gasteiger partial charge < -0.3 is 10.2 Å². The first-order valence-electron chi connectivity index (χ1n) is 6.50. The number of rotatable bonds is 2. The van der Waals surface area contributed by atoms with E-state index in [4.69, 9.17) is 10.2 Å². The van der Waals surface area contributed by atoms with Gasteiger partial charge in [-0.1, -0.05) is 36.4 Å². The number of fused-ring (bicyclic) bond motifs is 2. The summed E-state index contributed by atoms with van der Waals surface area (Å²) in [5.41, 5.74) is -0.451. The average Bonchev–Trinajstić information content (AvgIpc) is 2.51. The number of carbonyl (C=O) groups excluding carboxylic acids is 2. The lowest BCUT2D eigenvalue weighted by Gasteiger charge is -2.30. The van der Waals surface area contributed by atoms with Crippen LogP contribution in [-0.4, -0.2) is 33.7 Å². The van der Waals surface area contributed by atoms with E-state index in [1.807, 2.05) is 0 Å². The zero-order valence-corrected chi connectivity index (χ0v) is 11.1. The molecule has 6 nitrogen and oxygen atoms in total. The zero-order chi connectivity index (χ0) is 16.0. The van der Waals surface area contributed by atoms with E-state index in [0.717, 1.165) is 12.2 Å². The summed E-state index contributed by atoms with van der Waals surface area (Å²) in [6.45, 7) is 0. The number of carboxylic acids is 2. The largest absolute Gasteiger partial charge is 0.478 e. The van der Waals surface area contributed by atoms with Crippen molar-refractivity contribution in [3.63, 3.8) is 0 Å². The summed E-state index contributed by atoms with van der Waals surface area (Å²) in [5.74, 6) is -5.58. The summed E-state index contributed by atoms with van der Waals surface area (Å²) >= 11 is 0. The van der Waals surface area contributed by atoms with Crippen molar-refractivity contribution in [2.24, 2.45) is 11.8 Å². The van der Waals surface area contributed by atoms with Crippen LogP contribution >= 0.6 is 0 Å². The number of aliphatic carboxylic acids is 2. The Bertz CT molecular complexity index is 732. The van der Waals surface area contributed by atoms with Gasteiger partial charge in [-0.15, -0.1) is 0 Å². The van der Waals surface area contributed by atoms with Crippen LogP contribution in [0, 0.1) is 11.8 Å². The number of Topliss-reactive ketones (excluding diaryl/α,β-unsaturated/α-hetero) is 2. The molecule has 1 aromatic rings. The molecule has 2 aliphatic rings. The number of hydrogen-bond acceptors (Lipinski definition) is 4. The van der Waals surface area contributed by atoms with Gasteiger partial charge in [0, 0.05) is 11.1 Å². The molecule has 2 N–H and O–H groups in total. The van der Waals surface area contributed by atoms with Crippen molar-refractivity contribution in [1.29, 1.82) is 0 Å². The van der Waals surface area contributed by atoms with Crippen LogP contribution in [0.4, 0.5) is 0 Å². The van der Waals surface area contributed by atoms with E-state index >= 15 is 0 Å². The van der Waals surface area contributed by atoms with Crippen LogP contribution in [0.25, 0.3) is 0 Å². The molecular weight excluding hydrogens is 288 g/mol. The van der Waals surface area contributed by atoms with E-state index in [9.17, 15) is 19.2 Å². The first kappa shape index (κ1) is 13.9. The topological polar surface area (TPSA) is 109 Å². The average molecular weight is 298 g/mol. The van der Waals surface area contributed by atoms with Crippen LogP contribution in [0.3, 0.4) is 0 Å². The number of carboxylic acid groups (broad SMARTS) is 2. The summed E-state index contributed by atoms with van der Waals surface area (Å²) in [5, 5.41) is 18.3. The molecule has 1 aromatic carbocycles. The molecule has 2 aliphatic carbocycles. The van der Waals surface area contributed by atoms with E-state index in [-0.39, 0.29) is 22.7 Å². The third-order valence-corrected chi connectivity index (χ3v) is 3.89. The molecule has 0 saturated carbocycles. The highest BCUT2D eigenvalue weighted by Crippen LogP contribution is 2.37. The lowest BCUT2D eigenvalue weighted by atomic mass is 9.70. The van der Waals surface area contributed by atoms with Gasteiger partial charge in [0.2, 0.25) is 0 Å². The number of benzene rings is 1. The predicted molar refractivity (Wildman–Crippen MR) is 73.5 cm³/mol. The van der Waals surface area contributed by atoms with E-state index in [1.165, 1.54) is 12.1 Å². The van der Waals surface area contributed by atoms with Crippen molar-refractivity contribution in [1.82, 2.24) is 0 Å². The quantitative estimate of drug-likeness (QED) is 0.852. The molecule has 0 aliphatic heterocycles. The Labute approximate surface area is 124 Å². The Morgan fingerprint density at radius 3 is 1.45 bits per heavy atom. The zero-order valence-electron chi connectivity index (χ0n) is 11.1. The van der Waals surface area contributed by atoms with Crippen LogP contribution in [0.2, 0.25) is 0 Å². The molecule has 0 radical (unpaired) electrons. The predicted octanol–water partition coefficient (Wildman–Crippen LogP) is 1.33. The highest BCUT2D eigenvalue weighted by Gasteiger charge is 2.43. The smallest absolute Gasteiger partial charge is 0.336 e. The maximum absolute atomic E-state index is 12.5. The fourth-order valence-electron chi connectivity index (χ4n) is 2.87. The molecular formula is C16H10O6. The van der Waals surface area contributed by atoms with Gasteiger partial charge in [0.15, 0.2) is 11.6 Å². The molecule has 6 heteroatoms. The van der Waals surface area contributed by atoms with Gasteiger partial charge in [-0.25, -0.2) is 9.59 Å². The second kappa shape index (κ2) is 4.77. The lowest BCUT2D eigenvalue weighted by molar-refractivity contribution is -0.136. The molecule has 2 unspecified atom stereocenters. The molecule has 2 atom stereocenters. The van der Waals surface area contributed by atoms with Gasteiger partial charge in [-0.05, 0) is 0 Å². The van der Waals surface area contributed by atoms with E-state index < -0.39 is 34.9 Å². The minimum absolute atomic E-state index is 0.238. The van der Waals surface area contributed by atoms with E-state index in [2.05, 4.69) is 0 Å². The molecule has 0 saturated heterocycles. The minimum Gasteiger partial charge on any atom is -0.478 e. The van der Waals surface area contributed by atoms with Crippen molar-refractivity contribution in [2.45, 2.75) is 0 Å². The van der Waals surface area contributed by atoms with Gasteiger partial charge in [0.1, 0.15) is 0 Å². The van der Waals surface area contributed by atoms with Crippen molar-refractivity contribution in [2.75, 3.05) is 0 Å². The van der Waals surface area contributed by atoms with Crippen molar-refractivity contribution >= 4 is 23.5 Å². The minimum atomic E-state index is -1.44. The number of hydrogen-bond donors (Lipinski definition) is 2. The molecule has 22 heavy (non-hydrogen) atoms. The van der Waals surface area contributed by atoms with Crippen LogP contribution in [0.15, 0.2) is 47.6 Å². The molecule has 0 heterocycles. The van der Waals surface area contributed by atoms with Gasteiger partial charge in [0.05, 0.1) is 23.0 Å². The van der Waals surface area contributed by atoms with Gasteiger partial charge >= 0.3 is 11.9 Å². The third-order valence-electron chi connectivity index (χ3n) is 3.89. The fourth-order valence-corrected chi connectivity index (χ4v) is 2.87. The maximum atomic E-state index is 12.5. The molecule has 0 bridgehead atoms. The first-order chi connectivity index (χ1) is 10.4. The second-order valence-electron chi connectivity index (χ2n) is 5.10. The Morgan fingerprint density at radius 2 is 1.14 bits per heavy atom. The van der Waals surface area contributed by atoms with Crippen molar-refractivity contribution in [3.8, 4) is 0 Å². The van der Waals surface area contributed by atoms with Crippen molar-refractivity contribution in [3.05, 3.63) is 58.7 Å². The highest BCUT2D eigenvalue weighted by atomic mass is 16.4. The highest BCUT2D eigenvalue weighted by molar-refractivity contribution is 6.19. The first-order valence-corrected chi connectivity index (χ1v) is 6.50. The van der Waals surface area contributed by atoms with Gasteiger partial charge in [-0.2, -0.15) is 0 Å². The summed E-state index contributed by atoms with van der Waals surface area (Å²) < 4.78 is 0. The van der Waals surface area contributed by atoms with Crippen molar-refractivity contribution < 1.29 is 29.4 Å². The molecule has 0 aromatic heterocycles. The Kier molecular flexibility index (Phi) is 3.02. The Morgan fingerprint density at radius 1 is 0.773 bits per heavy atom. The number of allylic oxidation sites excluding steroid dienone is 2. The van der Waals surface area contributed by atoms with Gasteiger partial charge in [-0.3, -0.25) is 9.59 Å². The van der Waals surface area contributed by atoms with Gasteiger partial charge in [0.25, 0.3) is 0 Å². The Balaban J connectivity index is 2.20. The lowest BCUT2D eigenvalue weighted by Crippen LogP contribution is -2.37. The van der Waals surface area contributed by atoms with Crippen LogP contribution in [-0.2, 0) is 9.59 Å². The van der Waals surface area contributed by atoms with E-state index in [1.54, 1.807) is 12.1 Å². The van der Waals surface area contributed by atoms with Crippen LogP contribution in [0.5, 0.6) is 0 Å². The standard InChI is InChI=1S/C16H10O6/c17-13-7-3-1-2-4-8(7)14(18)10-6-12(16(21)22)11(15(19)20)5-9(10)13/h1-6,9-10H,(H,19,20)(H,21,22). The van der Waals surface area contributed by atoms with Crippen LogP contribution in [0.1, 0.15) is 20.7 Å². The monoisotopic (exact) mass is 298 g/mol. The third kappa shape index (κ3) is 1.88. The number of carbonyl (C=O) groups is 4. The summed E-state index contributed by atoms with van der Waals surface area (Å²) in [7, 11) is 0. The molecule has 110 valence electrons. The summed E-state index contributed by atoms with van der Waals surface area (Å²) in [6, 6.07) is 6.26. The maximum Gasteiger partial charge on any atom is 0.336 e. The molecule has 0 fully saturated rings. The SMILES string of the molecule is O=C(O)C1=CC2C(=O)c3ccccc3C(=O)C2C=C1C(=O)O. The van der Waals surface area contributed by atoms with Crippen LogP contribution < -0.4 is 0 Å². The number of ketones is 2. The summed E-state index contributed by atoms with van der Waals surface area (Å²) in [4.78, 5) is 47.4. The molecule has 3 rings (SSSR count). The second-order valence-corrected chi connectivity index (χ2v) is 5.10. The summed E-state index contributed by atoms with van der Waals surface area (Å²) in [6.07, 6.45) is 2.15. The van der Waals surface area contributed by atoms with E-state index in [0.29, 0.717) is 0 Å². The Hall–Kier alpha value is -3.02. The molecule has 0 spiro atoms. The fraction of sp³-hybridized carbons (Fsp3) is 0.125. The normalized spacial score (nSPS) is 23.1. The molecule has 0 amide bonds.